The van der Waals surface area contributed by atoms with Crippen LogP contribution < -0.4 is 10.8 Å². The van der Waals surface area contributed by atoms with Crippen molar-refractivity contribution < 1.29 is 18.8 Å². The van der Waals surface area contributed by atoms with Crippen molar-refractivity contribution in [2.75, 3.05) is 11.9 Å². The monoisotopic (exact) mass is 268 g/mol. The number of aryl methyl sites for hydroxylation is 1. The fourth-order valence-electron chi connectivity index (χ4n) is 1.89. The molecule has 1 unspecified atom stereocenters. The molecule has 1 heterocycles. The van der Waals surface area contributed by atoms with Gasteiger partial charge in [-0.3, -0.25) is 0 Å². The average molecular weight is 268 g/mol. The molecule has 1 aromatic carbocycles. The van der Waals surface area contributed by atoms with E-state index in [-0.39, 0.29) is 0 Å². The highest BCUT2D eigenvalue weighted by atomic mass is 19.1. The first-order chi connectivity index (χ1) is 9.13. The fraction of sp³-hybridized carbons (Fsp3) is 0.462. The predicted octanol–water partition coefficient (Wildman–Crippen LogP) is 2.71. The number of rotatable bonds is 3. The maximum Gasteiger partial charge on any atom is 0.343 e. The van der Waals surface area contributed by atoms with Crippen molar-refractivity contribution in [2.45, 2.75) is 32.5 Å². The van der Waals surface area contributed by atoms with Gasteiger partial charge in [0.1, 0.15) is 5.82 Å². The summed E-state index contributed by atoms with van der Waals surface area (Å²) in [4.78, 5) is 16.7. The maximum absolute atomic E-state index is 13.1. The van der Waals surface area contributed by atoms with Gasteiger partial charge in [0.05, 0.1) is 0 Å². The van der Waals surface area contributed by atoms with E-state index in [1.54, 1.807) is 13.0 Å². The third kappa shape index (κ3) is 4.50. The van der Waals surface area contributed by atoms with Crippen LogP contribution in [0.15, 0.2) is 18.2 Å². The minimum absolute atomic E-state index is 0.378. The maximum atomic E-state index is 13.1. The van der Waals surface area contributed by atoms with Crippen LogP contribution in [-0.2, 0) is 9.57 Å². The van der Waals surface area contributed by atoms with Crippen LogP contribution in [-0.4, -0.2) is 18.9 Å². The molecule has 0 spiro atoms. The van der Waals surface area contributed by atoms with Gasteiger partial charge in [0, 0.05) is 18.7 Å². The van der Waals surface area contributed by atoms with E-state index in [9.17, 15) is 9.18 Å². The van der Waals surface area contributed by atoms with Gasteiger partial charge in [-0.15, -0.1) is 0 Å². The molecule has 2 rings (SSSR count). The van der Waals surface area contributed by atoms with Gasteiger partial charge in [0.15, 0.2) is 6.29 Å². The molecule has 2 N–H and O–H groups in total. The first-order valence-corrected chi connectivity index (χ1v) is 6.25. The Morgan fingerprint density at radius 2 is 2.26 bits per heavy atom. The van der Waals surface area contributed by atoms with Crippen LogP contribution in [0.4, 0.5) is 14.9 Å². The number of ether oxygens (including phenoxy) is 1. The topological polar surface area (TPSA) is 59.6 Å². The summed E-state index contributed by atoms with van der Waals surface area (Å²) >= 11 is 0. The lowest BCUT2D eigenvalue weighted by molar-refractivity contribution is -0.185. The quantitative estimate of drug-likeness (QED) is 0.829. The van der Waals surface area contributed by atoms with E-state index in [2.05, 4.69) is 10.8 Å². The molecule has 0 bridgehead atoms. The number of anilines is 1. The molecule has 19 heavy (non-hydrogen) atoms. The predicted molar refractivity (Wildman–Crippen MR) is 68.0 cm³/mol. The molecule has 6 heteroatoms. The molecule has 1 fully saturated rings. The molecule has 1 aliphatic heterocycles. The van der Waals surface area contributed by atoms with E-state index in [4.69, 9.17) is 9.57 Å². The van der Waals surface area contributed by atoms with Crippen LogP contribution >= 0.6 is 0 Å². The second-order valence-corrected chi connectivity index (χ2v) is 4.49. The lowest BCUT2D eigenvalue weighted by Crippen LogP contribution is -2.35. The van der Waals surface area contributed by atoms with E-state index >= 15 is 0 Å². The summed E-state index contributed by atoms with van der Waals surface area (Å²) in [6.07, 6.45) is 2.36. The SMILES string of the molecule is Cc1cc(F)cc(NC(=O)NOC2CCCCO2)c1. The number of urea groups is 1. The molecular formula is C13H17FN2O3. The van der Waals surface area contributed by atoms with E-state index in [0.717, 1.165) is 24.8 Å². The molecule has 1 aliphatic rings. The lowest BCUT2D eigenvalue weighted by atomic mass is 10.2. The van der Waals surface area contributed by atoms with Crippen molar-refractivity contribution in [1.29, 1.82) is 0 Å². The zero-order chi connectivity index (χ0) is 13.7. The second kappa shape index (κ2) is 6.49. The standard InChI is InChI=1S/C13H17FN2O3/c1-9-6-10(14)8-11(7-9)15-13(17)16-19-12-4-2-3-5-18-12/h6-8,12H,2-5H2,1H3,(H2,15,16,17). The number of hydrogen-bond acceptors (Lipinski definition) is 3. The highest BCUT2D eigenvalue weighted by molar-refractivity contribution is 5.88. The van der Waals surface area contributed by atoms with Crippen LogP contribution in [0.2, 0.25) is 0 Å². The summed E-state index contributed by atoms with van der Waals surface area (Å²) in [5, 5.41) is 2.49. The van der Waals surface area contributed by atoms with Gasteiger partial charge in [-0.25, -0.2) is 19.5 Å². The van der Waals surface area contributed by atoms with Crippen molar-refractivity contribution in [3.05, 3.63) is 29.6 Å². The summed E-state index contributed by atoms with van der Waals surface area (Å²) in [6.45, 7) is 2.38. The summed E-state index contributed by atoms with van der Waals surface area (Å²) in [7, 11) is 0. The Hall–Kier alpha value is -1.66. The zero-order valence-electron chi connectivity index (χ0n) is 10.7. The van der Waals surface area contributed by atoms with Gasteiger partial charge in [0.2, 0.25) is 0 Å². The number of nitrogens with one attached hydrogen (secondary N) is 2. The first kappa shape index (κ1) is 13.8. The average Bonchev–Trinajstić information content (AvgIpc) is 2.36. The van der Waals surface area contributed by atoms with Crippen molar-refractivity contribution in [1.82, 2.24) is 5.48 Å². The molecular weight excluding hydrogens is 251 g/mol. The number of halogens is 1. The second-order valence-electron chi connectivity index (χ2n) is 4.49. The van der Waals surface area contributed by atoms with Gasteiger partial charge in [-0.2, -0.15) is 0 Å². The smallest absolute Gasteiger partial charge is 0.343 e. The minimum atomic E-state index is -0.556. The van der Waals surface area contributed by atoms with Gasteiger partial charge >= 0.3 is 6.03 Å². The molecule has 5 nitrogen and oxygen atoms in total. The Bertz CT molecular complexity index is 427. The van der Waals surface area contributed by atoms with Crippen LogP contribution in [0.5, 0.6) is 0 Å². The number of carbonyl (C=O) groups excluding carboxylic acids is 1. The molecule has 1 atom stereocenters. The van der Waals surface area contributed by atoms with E-state index in [0.29, 0.717) is 12.3 Å². The lowest BCUT2D eigenvalue weighted by Gasteiger charge is -2.22. The molecule has 0 radical (unpaired) electrons. The molecule has 1 saturated heterocycles. The van der Waals surface area contributed by atoms with Gasteiger partial charge in [-0.1, -0.05) is 0 Å². The largest absolute Gasteiger partial charge is 0.350 e. The summed E-state index contributed by atoms with van der Waals surface area (Å²) < 4.78 is 18.4. The number of benzene rings is 1. The molecule has 104 valence electrons. The van der Waals surface area contributed by atoms with Crippen LogP contribution in [0, 0.1) is 12.7 Å². The third-order valence-corrected chi connectivity index (χ3v) is 2.72. The molecule has 0 saturated carbocycles. The van der Waals surface area contributed by atoms with Crippen LogP contribution in [0.1, 0.15) is 24.8 Å². The molecule has 1 aromatic rings. The van der Waals surface area contributed by atoms with E-state index < -0.39 is 18.1 Å². The van der Waals surface area contributed by atoms with E-state index in [1.165, 1.54) is 12.1 Å². The third-order valence-electron chi connectivity index (χ3n) is 2.72. The molecule has 2 amide bonds. The fourth-order valence-corrected chi connectivity index (χ4v) is 1.89. The van der Waals surface area contributed by atoms with Crippen molar-refractivity contribution in [3.63, 3.8) is 0 Å². The Morgan fingerprint density at radius 1 is 1.42 bits per heavy atom. The molecule has 0 aromatic heterocycles. The number of carbonyl (C=O) groups is 1. The minimum Gasteiger partial charge on any atom is -0.350 e. The molecule has 0 aliphatic carbocycles. The Kier molecular flexibility index (Phi) is 4.70. The normalized spacial score (nSPS) is 18.9. The van der Waals surface area contributed by atoms with E-state index in [1.807, 2.05) is 0 Å². The van der Waals surface area contributed by atoms with Crippen molar-refractivity contribution in [2.24, 2.45) is 0 Å². The van der Waals surface area contributed by atoms with Crippen molar-refractivity contribution >= 4 is 11.7 Å². The van der Waals surface area contributed by atoms with Gasteiger partial charge < -0.3 is 10.1 Å². The van der Waals surface area contributed by atoms with Gasteiger partial charge in [-0.05, 0) is 43.5 Å². The summed E-state index contributed by atoms with van der Waals surface area (Å²) in [6, 6.07) is 3.73. The number of amides is 2. The number of hydrogen-bond donors (Lipinski definition) is 2. The number of hydroxylamine groups is 1. The van der Waals surface area contributed by atoms with Crippen molar-refractivity contribution in [3.8, 4) is 0 Å². The Labute approximate surface area is 111 Å². The Balaban J connectivity index is 1.80. The highest BCUT2D eigenvalue weighted by Crippen LogP contribution is 2.14. The summed E-state index contributed by atoms with van der Waals surface area (Å²) in [5.41, 5.74) is 3.35. The highest BCUT2D eigenvalue weighted by Gasteiger charge is 2.15. The first-order valence-electron chi connectivity index (χ1n) is 6.25. The van der Waals surface area contributed by atoms with Crippen LogP contribution in [0.25, 0.3) is 0 Å². The Morgan fingerprint density at radius 3 is 2.95 bits per heavy atom. The van der Waals surface area contributed by atoms with Gasteiger partial charge in [0.25, 0.3) is 0 Å². The van der Waals surface area contributed by atoms with Crippen LogP contribution in [0.3, 0.4) is 0 Å². The summed E-state index contributed by atoms with van der Waals surface area (Å²) in [5.74, 6) is -0.396. The zero-order valence-corrected chi connectivity index (χ0v) is 10.7.